The number of amides is 1. The highest BCUT2D eigenvalue weighted by Gasteiger charge is 2.15. The van der Waals surface area contributed by atoms with Crippen LogP contribution >= 0.6 is 34.7 Å². The van der Waals surface area contributed by atoms with Gasteiger partial charge in [0.15, 0.2) is 4.34 Å². The fourth-order valence-electron chi connectivity index (χ4n) is 3.46. The number of hydrogen-bond acceptors (Lipinski definition) is 6. The van der Waals surface area contributed by atoms with Crippen molar-refractivity contribution in [3.05, 3.63) is 94.8 Å². The molecule has 0 bridgehead atoms. The number of rotatable bonds is 6. The lowest BCUT2D eigenvalue weighted by molar-refractivity contribution is 0.102. The van der Waals surface area contributed by atoms with Gasteiger partial charge in [-0.1, -0.05) is 65.0 Å². The van der Waals surface area contributed by atoms with E-state index < -0.39 is 0 Å². The number of anilines is 1. The second kappa shape index (κ2) is 9.35. The number of thioether (sulfide) groups is 1. The highest BCUT2D eigenvalue weighted by molar-refractivity contribution is 8.00. The Labute approximate surface area is 203 Å². The van der Waals surface area contributed by atoms with Crippen LogP contribution in [0.15, 0.2) is 77.1 Å². The number of carbonyl (C=O) groups excluding carboxylic acids is 1. The van der Waals surface area contributed by atoms with Gasteiger partial charge in [-0.15, -0.1) is 10.2 Å². The predicted octanol–water partition coefficient (Wildman–Crippen LogP) is 6.38. The van der Waals surface area contributed by atoms with Crippen LogP contribution in [0, 0.1) is 6.92 Å². The van der Waals surface area contributed by atoms with E-state index in [9.17, 15) is 4.79 Å². The molecule has 0 spiro atoms. The molecule has 5 aromatic rings. The van der Waals surface area contributed by atoms with Crippen LogP contribution in [0.3, 0.4) is 0 Å². The predicted molar refractivity (Wildman–Crippen MR) is 135 cm³/mol. The molecule has 0 aliphatic rings. The molecule has 1 N–H and O–H groups in total. The minimum Gasteiger partial charge on any atom is -0.297 e. The summed E-state index contributed by atoms with van der Waals surface area (Å²) in [5, 5.41) is 12.3. The van der Waals surface area contributed by atoms with Crippen LogP contribution in [0.25, 0.3) is 16.7 Å². The summed E-state index contributed by atoms with van der Waals surface area (Å²) in [4.78, 5) is 17.5. The monoisotopic (exact) mass is 491 g/mol. The van der Waals surface area contributed by atoms with E-state index in [4.69, 9.17) is 11.6 Å². The summed E-state index contributed by atoms with van der Waals surface area (Å²) in [7, 11) is 0. The van der Waals surface area contributed by atoms with Crippen LogP contribution in [0.5, 0.6) is 0 Å². The SMILES string of the molecule is Cc1nc2cc(C(=O)Nc3nnc(SCc4ccc(Cl)cc4)s3)ccc2n1-c1ccccc1. The number of halogens is 1. The summed E-state index contributed by atoms with van der Waals surface area (Å²) in [5.74, 6) is 1.37. The van der Waals surface area contributed by atoms with Gasteiger partial charge in [0.1, 0.15) is 5.82 Å². The second-order valence-corrected chi connectivity index (χ2v) is 9.91. The first-order valence-corrected chi connectivity index (χ1v) is 12.3. The van der Waals surface area contributed by atoms with Gasteiger partial charge in [-0.2, -0.15) is 0 Å². The molecular formula is C24H18ClN5OS2. The number of hydrogen-bond donors (Lipinski definition) is 1. The highest BCUT2D eigenvalue weighted by atomic mass is 35.5. The number of aryl methyl sites for hydroxylation is 1. The fourth-order valence-corrected chi connectivity index (χ4v) is 5.29. The van der Waals surface area contributed by atoms with Gasteiger partial charge in [-0.25, -0.2) is 4.98 Å². The molecule has 3 aromatic carbocycles. The Bertz CT molecular complexity index is 1430. The standard InChI is InChI=1S/C24H18ClN5OS2/c1-15-26-20-13-17(9-12-21(20)30(15)19-5-3-2-4-6-19)22(31)27-23-28-29-24(33-23)32-14-16-7-10-18(25)11-8-16/h2-13H,14H2,1H3,(H,27,28,31). The number of aromatic nitrogens is 4. The molecule has 2 aromatic heterocycles. The maximum atomic E-state index is 12.8. The van der Waals surface area contributed by atoms with Crippen LogP contribution in [0.2, 0.25) is 5.02 Å². The van der Waals surface area contributed by atoms with E-state index in [1.165, 1.54) is 11.3 Å². The zero-order valence-corrected chi connectivity index (χ0v) is 19.9. The minimum absolute atomic E-state index is 0.241. The topological polar surface area (TPSA) is 72.7 Å². The molecule has 0 saturated heterocycles. The molecule has 0 fully saturated rings. The first-order chi connectivity index (χ1) is 16.1. The molecule has 1 amide bonds. The van der Waals surface area contributed by atoms with Crippen LogP contribution in [0.1, 0.15) is 21.7 Å². The minimum atomic E-state index is -0.241. The van der Waals surface area contributed by atoms with Crippen molar-refractivity contribution in [1.29, 1.82) is 0 Å². The van der Waals surface area contributed by atoms with Gasteiger partial charge in [-0.05, 0) is 55.0 Å². The number of benzene rings is 3. The molecule has 0 atom stereocenters. The fraction of sp³-hybridized carbons (Fsp3) is 0.0833. The molecule has 6 nitrogen and oxygen atoms in total. The van der Waals surface area contributed by atoms with Gasteiger partial charge in [0.2, 0.25) is 5.13 Å². The lowest BCUT2D eigenvalue weighted by atomic mass is 10.2. The third kappa shape index (κ3) is 4.78. The quantitative estimate of drug-likeness (QED) is 0.220. The Balaban J connectivity index is 1.29. The Morgan fingerprint density at radius 2 is 1.85 bits per heavy atom. The molecule has 0 aliphatic heterocycles. The summed E-state index contributed by atoms with van der Waals surface area (Å²) < 4.78 is 2.86. The normalized spacial score (nSPS) is 11.1. The number of carbonyl (C=O) groups is 1. The van der Waals surface area contributed by atoms with Crippen molar-refractivity contribution in [3.63, 3.8) is 0 Å². The van der Waals surface area contributed by atoms with E-state index in [0.29, 0.717) is 15.7 Å². The molecule has 0 saturated carbocycles. The number of nitrogens with one attached hydrogen (secondary N) is 1. The van der Waals surface area contributed by atoms with Crippen LogP contribution in [0.4, 0.5) is 5.13 Å². The zero-order chi connectivity index (χ0) is 22.8. The molecular weight excluding hydrogens is 474 g/mol. The maximum absolute atomic E-state index is 12.8. The molecule has 33 heavy (non-hydrogen) atoms. The first kappa shape index (κ1) is 21.6. The van der Waals surface area contributed by atoms with E-state index in [0.717, 1.165) is 38.2 Å². The highest BCUT2D eigenvalue weighted by Crippen LogP contribution is 2.29. The van der Waals surface area contributed by atoms with Crippen molar-refractivity contribution < 1.29 is 4.79 Å². The van der Waals surface area contributed by atoms with E-state index in [2.05, 4.69) is 25.1 Å². The molecule has 0 radical (unpaired) electrons. The third-order valence-electron chi connectivity index (χ3n) is 5.00. The summed E-state index contributed by atoms with van der Waals surface area (Å²) >= 11 is 8.84. The molecule has 0 unspecified atom stereocenters. The van der Waals surface area contributed by atoms with Gasteiger partial charge in [-0.3, -0.25) is 14.7 Å². The Kier molecular flexibility index (Phi) is 6.13. The Morgan fingerprint density at radius 3 is 2.64 bits per heavy atom. The van der Waals surface area contributed by atoms with Crippen molar-refractivity contribution in [2.75, 3.05) is 5.32 Å². The van der Waals surface area contributed by atoms with E-state index in [1.54, 1.807) is 23.9 Å². The summed E-state index contributed by atoms with van der Waals surface area (Å²) in [6.45, 7) is 1.96. The van der Waals surface area contributed by atoms with Crippen molar-refractivity contribution >= 4 is 56.8 Å². The largest absolute Gasteiger partial charge is 0.297 e. The summed E-state index contributed by atoms with van der Waals surface area (Å²) in [5.41, 5.74) is 4.41. The molecule has 0 aliphatic carbocycles. The van der Waals surface area contributed by atoms with Crippen LogP contribution in [-0.4, -0.2) is 25.7 Å². The van der Waals surface area contributed by atoms with Crippen LogP contribution in [-0.2, 0) is 5.75 Å². The molecule has 5 rings (SSSR count). The van der Waals surface area contributed by atoms with E-state index in [-0.39, 0.29) is 5.91 Å². The number of nitrogens with zero attached hydrogens (tertiary/aromatic N) is 4. The van der Waals surface area contributed by atoms with Gasteiger partial charge >= 0.3 is 0 Å². The van der Waals surface area contributed by atoms with Crippen molar-refractivity contribution in [2.45, 2.75) is 17.0 Å². The van der Waals surface area contributed by atoms with E-state index >= 15 is 0 Å². The average molecular weight is 492 g/mol. The third-order valence-corrected chi connectivity index (χ3v) is 7.30. The molecule has 164 valence electrons. The van der Waals surface area contributed by atoms with Crippen molar-refractivity contribution in [2.24, 2.45) is 0 Å². The smallest absolute Gasteiger partial charge is 0.257 e. The van der Waals surface area contributed by atoms with Gasteiger partial charge in [0.25, 0.3) is 5.91 Å². The summed E-state index contributed by atoms with van der Waals surface area (Å²) in [6.07, 6.45) is 0. The van der Waals surface area contributed by atoms with Gasteiger partial charge in [0.05, 0.1) is 11.0 Å². The van der Waals surface area contributed by atoms with Gasteiger partial charge < -0.3 is 0 Å². The maximum Gasteiger partial charge on any atom is 0.257 e. The zero-order valence-electron chi connectivity index (χ0n) is 17.5. The van der Waals surface area contributed by atoms with Crippen molar-refractivity contribution in [1.82, 2.24) is 19.7 Å². The molecule has 9 heteroatoms. The van der Waals surface area contributed by atoms with Crippen LogP contribution < -0.4 is 5.32 Å². The van der Waals surface area contributed by atoms with Crippen molar-refractivity contribution in [3.8, 4) is 5.69 Å². The lowest BCUT2D eigenvalue weighted by Crippen LogP contribution is -2.11. The summed E-state index contributed by atoms with van der Waals surface area (Å²) in [6, 6.07) is 23.3. The first-order valence-electron chi connectivity index (χ1n) is 10.1. The average Bonchev–Trinajstić information content (AvgIpc) is 3.41. The second-order valence-electron chi connectivity index (χ2n) is 7.28. The lowest BCUT2D eigenvalue weighted by Gasteiger charge is -2.07. The van der Waals surface area contributed by atoms with E-state index in [1.807, 2.05) is 67.6 Å². The Morgan fingerprint density at radius 1 is 1.06 bits per heavy atom. The number of para-hydroxylation sites is 1. The van der Waals surface area contributed by atoms with Gasteiger partial charge in [0, 0.05) is 22.0 Å². The molecule has 2 heterocycles. The Hall–Kier alpha value is -3.20. The number of imidazole rings is 1. The number of fused-ring (bicyclic) bond motifs is 1.